The molecule has 6 heteroatoms. The van der Waals surface area contributed by atoms with Crippen molar-refractivity contribution in [2.45, 2.75) is 40.2 Å². The predicted octanol–water partition coefficient (Wildman–Crippen LogP) is 6.22. The summed E-state index contributed by atoms with van der Waals surface area (Å²) < 4.78 is 12.7. The molecule has 0 aliphatic rings. The summed E-state index contributed by atoms with van der Waals surface area (Å²) in [6.45, 7) is 6.94. The van der Waals surface area contributed by atoms with Crippen LogP contribution in [0.2, 0.25) is 0 Å². The van der Waals surface area contributed by atoms with E-state index in [4.69, 9.17) is 14.7 Å². The van der Waals surface area contributed by atoms with Crippen LogP contribution in [0, 0.1) is 11.3 Å². The molecule has 0 aliphatic heterocycles. The van der Waals surface area contributed by atoms with Gasteiger partial charge >= 0.3 is 6.09 Å². The normalized spacial score (nSPS) is 9.97. The van der Waals surface area contributed by atoms with Crippen LogP contribution in [0.25, 0.3) is 22.2 Å². The lowest BCUT2D eigenvalue weighted by Crippen LogP contribution is -2.14. The number of hydrogen-bond acceptors (Lipinski definition) is 4. The van der Waals surface area contributed by atoms with E-state index in [1.54, 1.807) is 13.2 Å². The zero-order valence-corrected chi connectivity index (χ0v) is 18.1. The summed E-state index contributed by atoms with van der Waals surface area (Å²) in [5.41, 5.74) is 4.13. The summed E-state index contributed by atoms with van der Waals surface area (Å²) in [7, 11) is 1.68. The number of rotatable bonds is 7. The Morgan fingerprint density at radius 2 is 1.83 bits per heavy atom. The predicted molar refractivity (Wildman–Crippen MR) is 121 cm³/mol. The van der Waals surface area contributed by atoms with E-state index in [9.17, 15) is 4.79 Å². The summed E-state index contributed by atoms with van der Waals surface area (Å²) in [6, 6.07) is 17.9. The molecule has 1 amide bonds. The summed E-state index contributed by atoms with van der Waals surface area (Å²) in [5, 5.41) is 11.2. The molecule has 0 atom stereocenters. The first-order valence-corrected chi connectivity index (χ1v) is 10.1. The van der Waals surface area contributed by atoms with Crippen LogP contribution < -0.4 is 10.1 Å². The van der Waals surface area contributed by atoms with Gasteiger partial charge in [-0.15, -0.1) is 0 Å². The number of nitriles is 1. The van der Waals surface area contributed by atoms with Crippen LogP contribution in [0.15, 0.2) is 48.5 Å². The smallest absolute Gasteiger partial charge is 0.411 e. The Bertz CT molecular complexity index is 1000. The van der Waals surface area contributed by atoms with Crippen molar-refractivity contribution in [1.82, 2.24) is 4.57 Å². The third-order valence-corrected chi connectivity index (χ3v) is 4.58. The Hall–Kier alpha value is -3.46. The third-order valence-electron chi connectivity index (χ3n) is 4.58. The first kappa shape index (κ1) is 22.8. The quantitative estimate of drug-likeness (QED) is 0.472. The van der Waals surface area contributed by atoms with E-state index in [0.717, 1.165) is 47.5 Å². The first-order chi connectivity index (χ1) is 14.6. The molecular formula is C24H29N3O3. The monoisotopic (exact) mass is 407 g/mol. The molecule has 2 aromatic carbocycles. The zero-order valence-electron chi connectivity index (χ0n) is 18.1. The number of methoxy groups -OCH3 is 1. The maximum absolute atomic E-state index is 11.8. The van der Waals surface area contributed by atoms with Crippen molar-refractivity contribution in [3.05, 3.63) is 48.5 Å². The topological polar surface area (TPSA) is 76.3 Å². The molecule has 1 aromatic heterocycles. The Balaban J connectivity index is 0.00000101. The standard InChI is InChI=1S/C22H26N2O3.C2H3N/c1-4-6-13-27-22(25)23-18-9-7-16(8-10-18)21-15-17-14-19(26-3)11-12-20(17)24(21)5-2;1-2-3/h7-12,14-15H,4-6,13H2,1-3H3,(H,23,25);1H3. The fraction of sp³-hybridized carbons (Fsp3) is 0.333. The molecule has 0 saturated carbocycles. The summed E-state index contributed by atoms with van der Waals surface area (Å²) in [4.78, 5) is 11.8. The lowest BCUT2D eigenvalue weighted by atomic mass is 10.1. The number of ether oxygens (including phenoxy) is 2. The Labute approximate surface area is 178 Å². The first-order valence-electron chi connectivity index (χ1n) is 10.1. The minimum absolute atomic E-state index is 0.411. The van der Waals surface area contributed by atoms with Gasteiger partial charge in [0.25, 0.3) is 0 Å². The van der Waals surface area contributed by atoms with Gasteiger partial charge in [0.15, 0.2) is 0 Å². The van der Waals surface area contributed by atoms with Crippen LogP contribution in [-0.2, 0) is 11.3 Å². The summed E-state index contributed by atoms with van der Waals surface area (Å²) in [6.07, 6.45) is 1.46. The number of benzene rings is 2. The number of nitrogens with zero attached hydrogens (tertiary/aromatic N) is 2. The highest BCUT2D eigenvalue weighted by Gasteiger charge is 2.11. The van der Waals surface area contributed by atoms with Gasteiger partial charge < -0.3 is 14.0 Å². The molecule has 0 aliphatic carbocycles. The maximum atomic E-state index is 11.8. The van der Waals surface area contributed by atoms with Crippen molar-refractivity contribution in [3.63, 3.8) is 0 Å². The molecule has 1 heterocycles. The largest absolute Gasteiger partial charge is 0.497 e. The highest BCUT2D eigenvalue weighted by atomic mass is 16.5. The number of amides is 1. The number of unbranched alkanes of at least 4 members (excludes halogenated alkanes) is 1. The molecule has 0 fully saturated rings. The Morgan fingerprint density at radius 1 is 1.13 bits per heavy atom. The Kier molecular flexibility index (Phi) is 8.76. The summed E-state index contributed by atoms with van der Waals surface area (Å²) >= 11 is 0. The van der Waals surface area contributed by atoms with Gasteiger partial charge in [-0.2, -0.15) is 5.26 Å². The minimum Gasteiger partial charge on any atom is -0.497 e. The van der Waals surface area contributed by atoms with E-state index in [0.29, 0.717) is 6.61 Å². The van der Waals surface area contributed by atoms with Crippen LogP contribution in [0.5, 0.6) is 5.75 Å². The van der Waals surface area contributed by atoms with Crippen molar-refractivity contribution < 1.29 is 14.3 Å². The fourth-order valence-corrected chi connectivity index (χ4v) is 3.14. The molecule has 1 N–H and O–H groups in total. The fourth-order valence-electron chi connectivity index (χ4n) is 3.14. The van der Waals surface area contributed by atoms with Crippen LogP contribution in [0.1, 0.15) is 33.6 Å². The maximum Gasteiger partial charge on any atom is 0.411 e. The second kappa shape index (κ2) is 11.5. The van der Waals surface area contributed by atoms with Crippen molar-refractivity contribution in [3.8, 4) is 23.1 Å². The summed E-state index contributed by atoms with van der Waals surface area (Å²) in [5.74, 6) is 0.850. The SMILES string of the molecule is CC#N.CCCCOC(=O)Nc1ccc(-c2cc3cc(OC)ccc3n2CC)cc1. The van der Waals surface area contributed by atoms with Gasteiger partial charge in [0.1, 0.15) is 5.75 Å². The molecule has 30 heavy (non-hydrogen) atoms. The molecular weight excluding hydrogens is 378 g/mol. The average molecular weight is 408 g/mol. The van der Waals surface area contributed by atoms with Crippen molar-refractivity contribution >= 4 is 22.7 Å². The van der Waals surface area contributed by atoms with E-state index >= 15 is 0 Å². The minimum atomic E-state index is -0.411. The number of nitrogens with one attached hydrogen (secondary N) is 1. The molecule has 6 nitrogen and oxygen atoms in total. The van der Waals surface area contributed by atoms with E-state index in [-0.39, 0.29) is 0 Å². The number of fused-ring (bicyclic) bond motifs is 1. The van der Waals surface area contributed by atoms with E-state index in [1.165, 1.54) is 12.4 Å². The number of anilines is 1. The third kappa shape index (κ3) is 5.77. The number of hydrogen-bond donors (Lipinski definition) is 1. The molecule has 0 bridgehead atoms. The van der Waals surface area contributed by atoms with E-state index in [1.807, 2.05) is 36.4 Å². The highest BCUT2D eigenvalue weighted by molar-refractivity contribution is 5.89. The van der Waals surface area contributed by atoms with Crippen LogP contribution >= 0.6 is 0 Å². The van der Waals surface area contributed by atoms with E-state index in [2.05, 4.69) is 35.9 Å². The van der Waals surface area contributed by atoms with Gasteiger partial charge in [-0.25, -0.2) is 4.79 Å². The molecule has 0 saturated heterocycles. The molecule has 3 rings (SSSR count). The highest BCUT2D eigenvalue weighted by Crippen LogP contribution is 2.31. The molecule has 0 unspecified atom stereocenters. The molecule has 3 aromatic rings. The number of aromatic nitrogens is 1. The lowest BCUT2D eigenvalue weighted by Gasteiger charge is -2.10. The number of aryl methyl sites for hydroxylation is 1. The van der Waals surface area contributed by atoms with Gasteiger partial charge in [0, 0.05) is 35.8 Å². The molecule has 0 spiro atoms. The second-order valence-electron chi connectivity index (χ2n) is 6.61. The number of carbonyl (C=O) groups is 1. The van der Waals surface area contributed by atoms with Gasteiger partial charge in [0.2, 0.25) is 0 Å². The van der Waals surface area contributed by atoms with Gasteiger partial charge in [-0.05, 0) is 55.3 Å². The molecule has 0 radical (unpaired) electrons. The van der Waals surface area contributed by atoms with Crippen LogP contribution in [-0.4, -0.2) is 24.4 Å². The zero-order chi connectivity index (χ0) is 21.9. The van der Waals surface area contributed by atoms with E-state index < -0.39 is 6.09 Å². The molecule has 158 valence electrons. The van der Waals surface area contributed by atoms with Crippen LogP contribution in [0.4, 0.5) is 10.5 Å². The van der Waals surface area contributed by atoms with Crippen molar-refractivity contribution in [2.75, 3.05) is 19.0 Å². The number of carbonyl (C=O) groups excluding carboxylic acids is 1. The lowest BCUT2D eigenvalue weighted by molar-refractivity contribution is 0.160. The van der Waals surface area contributed by atoms with Crippen molar-refractivity contribution in [2.24, 2.45) is 0 Å². The average Bonchev–Trinajstić information content (AvgIpc) is 3.12. The van der Waals surface area contributed by atoms with Gasteiger partial charge in [0.05, 0.1) is 19.8 Å². The van der Waals surface area contributed by atoms with Crippen LogP contribution in [0.3, 0.4) is 0 Å². The van der Waals surface area contributed by atoms with Gasteiger partial charge in [-0.3, -0.25) is 5.32 Å². The second-order valence-corrected chi connectivity index (χ2v) is 6.61. The van der Waals surface area contributed by atoms with Gasteiger partial charge in [-0.1, -0.05) is 25.5 Å². The van der Waals surface area contributed by atoms with Crippen molar-refractivity contribution in [1.29, 1.82) is 5.26 Å². The Morgan fingerprint density at radius 3 is 2.43 bits per heavy atom.